The van der Waals surface area contributed by atoms with Crippen molar-refractivity contribution >= 4 is 35.3 Å². The molecule has 2 atom stereocenters. The van der Waals surface area contributed by atoms with Crippen molar-refractivity contribution in [1.82, 2.24) is 10.6 Å². The van der Waals surface area contributed by atoms with Crippen LogP contribution >= 0.6 is 11.8 Å². The minimum absolute atomic E-state index is 0.0613. The van der Waals surface area contributed by atoms with Gasteiger partial charge in [-0.3, -0.25) is 14.4 Å². The zero-order valence-corrected chi connectivity index (χ0v) is 14.6. The maximum absolute atomic E-state index is 12.3. The molecule has 7 heteroatoms. The topological polar surface area (TPSA) is 87.6 Å². The quantitative estimate of drug-likeness (QED) is 0.581. The number of rotatable bonds is 7. The van der Waals surface area contributed by atoms with Crippen molar-refractivity contribution in [1.29, 1.82) is 0 Å². The van der Waals surface area contributed by atoms with Gasteiger partial charge in [-0.1, -0.05) is 25.1 Å². The molecule has 0 spiro atoms. The molecule has 0 radical (unpaired) electrons. The highest BCUT2D eigenvalue weighted by Crippen LogP contribution is 2.25. The summed E-state index contributed by atoms with van der Waals surface area (Å²) in [6, 6.07) is 9.76. The number of hydrogen-bond donors (Lipinski definition) is 2. The van der Waals surface area contributed by atoms with Crippen LogP contribution in [-0.4, -0.2) is 35.4 Å². The van der Waals surface area contributed by atoms with Crippen LogP contribution in [0.2, 0.25) is 0 Å². The number of aliphatic imine (C=N–C) groups is 1. The van der Waals surface area contributed by atoms with Crippen LogP contribution in [0.3, 0.4) is 0 Å². The van der Waals surface area contributed by atoms with Gasteiger partial charge in [-0.25, -0.2) is 0 Å². The van der Waals surface area contributed by atoms with Gasteiger partial charge in [0.15, 0.2) is 0 Å². The molecular formula is C17H21N3O3S. The van der Waals surface area contributed by atoms with Crippen LogP contribution in [0.5, 0.6) is 0 Å². The fraction of sp³-hybridized carbons (Fsp3) is 0.412. The van der Waals surface area contributed by atoms with Crippen molar-refractivity contribution in [2.24, 2.45) is 10.9 Å². The van der Waals surface area contributed by atoms with Crippen molar-refractivity contribution in [2.45, 2.75) is 36.8 Å². The lowest BCUT2D eigenvalue weighted by atomic mass is 10.1. The number of hydrogen-bond acceptors (Lipinski definition) is 4. The molecule has 128 valence electrons. The van der Waals surface area contributed by atoms with Crippen molar-refractivity contribution in [3.05, 3.63) is 30.3 Å². The van der Waals surface area contributed by atoms with Crippen LogP contribution in [-0.2, 0) is 14.4 Å². The monoisotopic (exact) mass is 347 g/mol. The lowest BCUT2D eigenvalue weighted by molar-refractivity contribution is -0.132. The average molecular weight is 347 g/mol. The highest BCUT2D eigenvalue weighted by molar-refractivity contribution is 8.00. The predicted octanol–water partition coefficient (Wildman–Crippen LogP) is 1.75. The maximum Gasteiger partial charge on any atom is 0.259 e. The van der Waals surface area contributed by atoms with Gasteiger partial charge < -0.3 is 10.6 Å². The second-order valence-corrected chi connectivity index (χ2v) is 6.75. The molecule has 1 aromatic carbocycles. The molecule has 1 aliphatic heterocycles. The number of nitrogens with zero attached hydrogens (tertiary/aromatic N) is 1. The summed E-state index contributed by atoms with van der Waals surface area (Å²) in [7, 11) is 0. The SMILES string of the molecule is CCC(Sc1ccccc1)C(=O)NCCC1=NC(=O)C(C)C(=O)N1. The van der Waals surface area contributed by atoms with Gasteiger partial charge in [0.05, 0.1) is 5.25 Å². The van der Waals surface area contributed by atoms with Crippen molar-refractivity contribution in [3.8, 4) is 0 Å². The van der Waals surface area contributed by atoms with E-state index < -0.39 is 11.8 Å². The van der Waals surface area contributed by atoms with Gasteiger partial charge in [-0.2, -0.15) is 4.99 Å². The fourth-order valence-electron chi connectivity index (χ4n) is 2.14. The van der Waals surface area contributed by atoms with Crippen molar-refractivity contribution < 1.29 is 14.4 Å². The third kappa shape index (κ3) is 4.92. The molecule has 1 aromatic rings. The highest BCUT2D eigenvalue weighted by atomic mass is 32.2. The van der Waals surface area contributed by atoms with Gasteiger partial charge >= 0.3 is 0 Å². The molecular weight excluding hydrogens is 326 g/mol. The van der Waals surface area contributed by atoms with Crippen molar-refractivity contribution in [2.75, 3.05) is 6.54 Å². The summed E-state index contributed by atoms with van der Waals surface area (Å²) in [5.41, 5.74) is 0. The first-order valence-corrected chi connectivity index (χ1v) is 8.81. The molecule has 24 heavy (non-hydrogen) atoms. The van der Waals surface area contributed by atoms with Gasteiger partial charge in [-0.05, 0) is 25.5 Å². The average Bonchev–Trinajstić information content (AvgIpc) is 2.58. The normalized spacial score (nSPS) is 18.6. The smallest absolute Gasteiger partial charge is 0.259 e. The van der Waals surface area contributed by atoms with E-state index in [1.165, 1.54) is 18.7 Å². The van der Waals surface area contributed by atoms with Gasteiger partial charge in [0.1, 0.15) is 11.8 Å². The highest BCUT2D eigenvalue weighted by Gasteiger charge is 2.27. The van der Waals surface area contributed by atoms with Crippen LogP contribution in [0.4, 0.5) is 0 Å². The number of carbonyl (C=O) groups excluding carboxylic acids is 3. The fourth-order valence-corrected chi connectivity index (χ4v) is 3.14. The Morgan fingerprint density at radius 2 is 2.04 bits per heavy atom. The zero-order valence-electron chi connectivity index (χ0n) is 13.7. The molecule has 1 heterocycles. The number of benzene rings is 1. The first kappa shape index (κ1) is 18.2. The number of amides is 3. The van der Waals surface area contributed by atoms with E-state index in [4.69, 9.17) is 0 Å². The Labute approximate surface area is 145 Å². The predicted molar refractivity (Wildman–Crippen MR) is 93.8 cm³/mol. The Kier molecular flexibility index (Phi) is 6.54. The summed E-state index contributed by atoms with van der Waals surface area (Å²) >= 11 is 1.52. The van der Waals surface area contributed by atoms with Crippen LogP contribution in [0.1, 0.15) is 26.7 Å². The molecule has 1 aliphatic rings. The van der Waals surface area contributed by atoms with E-state index in [0.717, 1.165) is 4.90 Å². The Morgan fingerprint density at radius 3 is 2.67 bits per heavy atom. The third-order valence-electron chi connectivity index (χ3n) is 3.62. The van der Waals surface area contributed by atoms with Gasteiger partial charge in [-0.15, -0.1) is 11.8 Å². The van der Waals surface area contributed by atoms with E-state index in [2.05, 4.69) is 15.6 Å². The Hall–Kier alpha value is -2.15. The van der Waals surface area contributed by atoms with E-state index in [0.29, 0.717) is 25.2 Å². The van der Waals surface area contributed by atoms with Gasteiger partial charge in [0, 0.05) is 17.9 Å². The van der Waals surface area contributed by atoms with Crippen LogP contribution < -0.4 is 10.6 Å². The molecule has 0 bridgehead atoms. The molecule has 0 saturated carbocycles. The summed E-state index contributed by atoms with van der Waals surface area (Å²) in [5, 5.41) is 5.24. The second-order valence-electron chi connectivity index (χ2n) is 5.48. The molecule has 0 aromatic heterocycles. The molecule has 2 rings (SSSR count). The van der Waals surface area contributed by atoms with E-state index in [1.54, 1.807) is 0 Å². The maximum atomic E-state index is 12.3. The van der Waals surface area contributed by atoms with Gasteiger partial charge in [0.25, 0.3) is 5.91 Å². The minimum Gasteiger partial charge on any atom is -0.355 e. The minimum atomic E-state index is -0.741. The molecule has 0 saturated heterocycles. The molecule has 3 amide bonds. The third-order valence-corrected chi connectivity index (χ3v) is 5.00. The summed E-state index contributed by atoms with van der Waals surface area (Å²) in [4.78, 5) is 40.2. The van der Waals surface area contributed by atoms with Crippen LogP contribution in [0.15, 0.2) is 40.2 Å². The van der Waals surface area contributed by atoms with E-state index in [-0.39, 0.29) is 17.1 Å². The number of carbonyl (C=O) groups is 3. The van der Waals surface area contributed by atoms with E-state index in [9.17, 15) is 14.4 Å². The van der Waals surface area contributed by atoms with E-state index in [1.807, 2.05) is 37.3 Å². The lowest BCUT2D eigenvalue weighted by Gasteiger charge is -2.18. The standard InChI is InChI=1S/C17H21N3O3S/c1-3-13(24-12-7-5-4-6-8-12)17(23)18-10-9-14-19-15(21)11(2)16(22)20-14/h4-8,11,13H,3,9-10H2,1-2H3,(H,18,23)(H,19,20,21,22). The number of amidine groups is 1. The summed E-state index contributed by atoms with van der Waals surface area (Å²) in [6.45, 7) is 3.81. The van der Waals surface area contributed by atoms with E-state index >= 15 is 0 Å². The summed E-state index contributed by atoms with van der Waals surface area (Å²) in [6.07, 6.45) is 1.03. The molecule has 2 N–H and O–H groups in total. The first-order valence-electron chi connectivity index (χ1n) is 7.93. The zero-order chi connectivity index (χ0) is 17.5. The largest absolute Gasteiger partial charge is 0.355 e. The number of thioether (sulfide) groups is 1. The van der Waals surface area contributed by atoms with Gasteiger partial charge in [0.2, 0.25) is 11.8 Å². The van der Waals surface area contributed by atoms with Crippen molar-refractivity contribution in [3.63, 3.8) is 0 Å². The first-order chi connectivity index (χ1) is 11.5. The summed E-state index contributed by atoms with van der Waals surface area (Å²) < 4.78 is 0. The Bertz CT molecular complexity index is 646. The van der Waals surface area contributed by atoms with Crippen LogP contribution in [0.25, 0.3) is 0 Å². The second kappa shape index (κ2) is 8.63. The lowest BCUT2D eigenvalue weighted by Crippen LogP contribution is -2.44. The Morgan fingerprint density at radius 1 is 1.33 bits per heavy atom. The molecule has 2 unspecified atom stereocenters. The summed E-state index contributed by atoms with van der Waals surface area (Å²) in [5.74, 6) is -1.27. The molecule has 6 nitrogen and oxygen atoms in total. The number of nitrogens with one attached hydrogen (secondary N) is 2. The Balaban J connectivity index is 1.82. The van der Waals surface area contributed by atoms with Crippen LogP contribution in [0, 0.1) is 5.92 Å². The molecule has 0 fully saturated rings. The molecule has 0 aliphatic carbocycles.